The molecule has 0 saturated carbocycles. The Hall–Kier alpha value is -2.43. The van der Waals surface area contributed by atoms with E-state index in [1.54, 1.807) is 30.3 Å². The fraction of sp³-hybridized carbons (Fsp3) is 0.200. The summed E-state index contributed by atoms with van der Waals surface area (Å²) in [4.78, 5) is -0.0327. The molecule has 1 aromatic rings. The highest BCUT2D eigenvalue weighted by Gasteiger charge is 2.31. The second-order valence-electron chi connectivity index (χ2n) is 4.50. The first-order chi connectivity index (χ1) is 10.5. The molecule has 1 N–H and O–H groups in total. The van der Waals surface area contributed by atoms with Gasteiger partial charge in [-0.25, -0.2) is 4.18 Å². The van der Waals surface area contributed by atoms with Gasteiger partial charge < -0.3 is 10.1 Å². The monoisotopic (exact) mass is 318 g/mol. The lowest BCUT2D eigenvalue weighted by Gasteiger charge is -2.21. The van der Waals surface area contributed by atoms with Crippen molar-refractivity contribution in [3.8, 4) is 6.07 Å². The number of nitriles is 1. The van der Waals surface area contributed by atoms with Crippen molar-refractivity contribution in [3.63, 3.8) is 0 Å². The van der Waals surface area contributed by atoms with Crippen LogP contribution in [0.25, 0.3) is 0 Å². The number of benzene rings is 1. The van der Waals surface area contributed by atoms with E-state index in [-0.39, 0.29) is 10.6 Å². The maximum atomic E-state index is 12.2. The van der Waals surface area contributed by atoms with Gasteiger partial charge in [-0.15, -0.1) is 0 Å². The third kappa shape index (κ3) is 3.42. The molecular weight excluding hydrogens is 304 g/mol. The Morgan fingerprint density at radius 3 is 2.55 bits per heavy atom. The Morgan fingerprint density at radius 2 is 2.00 bits per heavy atom. The van der Waals surface area contributed by atoms with E-state index in [4.69, 9.17) is 14.3 Å². The average molecular weight is 318 g/mol. The average Bonchev–Trinajstić information content (AvgIpc) is 2.53. The number of nitrogens with zero attached hydrogens (tertiary/aromatic N) is 1. The van der Waals surface area contributed by atoms with E-state index in [1.807, 2.05) is 0 Å². The maximum absolute atomic E-state index is 12.2. The smallest absolute Gasteiger partial charge is 0.298 e. The van der Waals surface area contributed by atoms with Gasteiger partial charge in [0.15, 0.2) is 6.10 Å². The number of allylic oxidation sites excluding steroid dienone is 2. The lowest BCUT2D eigenvalue weighted by Crippen LogP contribution is -2.30. The third-order valence-corrected chi connectivity index (χ3v) is 4.39. The van der Waals surface area contributed by atoms with Crippen LogP contribution in [0, 0.1) is 22.7 Å². The standard InChI is InChI=1S/C15H14N2O4S/c1-20-11-7-8-13(14(17)9-11)15(10-16)21-22(18,19)12-5-3-2-4-6-12/h2-9,13,15,17H,1H3. The predicted octanol–water partition coefficient (Wildman–Crippen LogP) is 2.02. The first kappa shape index (κ1) is 15.9. The van der Waals surface area contributed by atoms with Crippen LogP contribution in [0.2, 0.25) is 0 Å². The molecule has 2 atom stereocenters. The molecule has 0 fully saturated rings. The molecular formula is C15H14N2O4S. The molecule has 0 heterocycles. The highest BCUT2D eigenvalue weighted by atomic mass is 32.2. The molecule has 6 nitrogen and oxygen atoms in total. The summed E-state index contributed by atoms with van der Waals surface area (Å²) in [7, 11) is -2.61. The van der Waals surface area contributed by atoms with E-state index < -0.39 is 22.1 Å². The fourth-order valence-corrected chi connectivity index (χ4v) is 2.97. The zero-order valence-electron chi connectivity index (χ0n) is 11.8. The summed E-state index contributed by atoms with van der Waals surface area (Å²) in [6, 6.07) is 9.37. The Labute approximate surface area is 128 Å². The number of rotatable bonds is 5. The van der Waals surface area contributed by atoms with Crippen molar-refractivity contribution in [2.45, 2.75) is 11.0 Å². The second-order valence-corrected chi connectivity index (χ2v) is 6.08. The first-order valence-corrected chi connectivity index (χ1v) is 7.79. The Kier molecular flexibility index (Phi) is 4.75. The summed E-state index contributed by atoms with van der Waals surface area (Å²) in [5.74, 6) is -0.314. The molecule has 0 spiro atoms. The van der Waals surface area contributed by atoms with Crippen LogP contribution in [0.4, 0.5) is 0 Å². The van der Waals surface area contributed by atoms with Gasteiger partial charge in [0.1, 0.15) is 5.76 Å². The van der Waals surface area contributed by atoms with Crippen LogP contribution in [-0.2, 0) is 19.0 Å². The molecule has 0 radical (unpaired) electrons. The van der Waals surface area contributed by atoms with Crippen molar-refractivity contribution >= 4 is 15.8 Å². The Balaban J connectivity index is 2.21. The molecule has 22 heavy (non-hydrogen) atoms. The normalized spacial score (nSPS) is 19.2. The van der Waals surface area contributed by atoms with E-state index in [0.29, 0.717) is 5.76 Å². The van der Waals surface area contributed by atoms with Gasteiger partial charge in [0.05, 0.1) is 24.0 Å². The van der Waals surface area contributed by atoms with Crippen LogP contribution in [-0.4, -0.2) is 27.3 Å². The first-order valence-electron chi connectivity index (χ1n) is 6.38. The van der Waals surface area contributed by atoms with Crippen molar-refractivity contribution in [3.05, 3.63) is 54.3 Å². The molecule has 2 rings (SSSR count). The van der Waals surface area contributed by atoms with Gasteiger partial charge in [0.25, 0.3) is 10.1 Å². The second kappa shape index (κ2) is 6.56. The zero-order valence-corrected chi connectivity index (χ0v) is 12.6. The summed E-state index contributed by atoms with van der Waals surface area (Å²) in [6.45, 7) is 0. The number of ether oxygens (including phenoxy) is 1. The van der Waals surface area contributed by atoms with Crippen LogP contribution in [0.15, 0.2) is 59.2 Å². The molecule has 1 aromatic carbocycles. The molecule has 2 unspecified atom stereocenters. The fourth-order valence-electron chi connectivity index (χ4n) is 1.93. The molecule has 0 aliphatic heterocycles. The Bertz CT molecular complexity index is 760. The lowest BCUT2D eigenvalue weighted by molar-refractivity contribution is 0.241. The van der Waals surface area contributed by atoms with Crippen molar-refractivity contribution < 1.29 is 17.3 Å². The van der Waals surface area contributed by atoms with Gasteiger partial charge in [-0.2, -0.15) is 13.7 Å². The van der Waals surface area contributed by atoms with Gasteiger partial charge in [0.2, 0.25) is 0 Å². The number of hydrogen-bond donors (Lipinski definition) is 1. The SMILES string of the molecule is COC1=CC(=N)C(C(C#N)OS(=O)(=O)c2ccccc2)C=C1. The van der Waals surface area contributed by atoms with Gasteiger partial charge in [0, 0.05) is 11.8 Å². The summed E-state index contributed by atoms with van der Waals surface area (Å²) >= 11 is 0. The summed E-state index contributed by atoms with van der Waals surface area (Å²) in [5, 5.41) is 17.1. The number of methoxy groups -OCH3 is 1. The van der Waals surface area contributed by atoms with Gasteiger partial charge in [-0.05, 0) is 18.2 Å². The molecule has 0 amide bonds. The molecule has 1 aliphatic carbocycles. The molecule has 0 bridgehead atoms. The number of hydrogen-bond acceptors (Lipinski definition) is 6. The largest absolute Gasteiger partial charge is 0.497 e. The third-order valence-electron chi connectivity index (χ3n) is 3.08. The minimum atomic E-state index is -4.07. The highest BCUT2D eigenvalue weighted by Crippen LogP contribution is 2.23. The van der Waals surface area contributed by atoms with E-state index in [2.05, 4.69) is 0 Å². The highest BCUT2D eigenvalue weighted by molar-refractivity contribution is 7.86. The summed E-state index contributed by atoms with van der Waals surface area (Å²) in [6.07, 6.45) is 3.21. The van der Waals surface area contributed by atoms with E-state index in [9.17, 15) is 13.7 Å². The van der Waals surface area contributed by atoms with Crippen LogP contribution < -0.4 is 0 Å². The van der Waals surface area contributed by atoms with E-state index in [1.165, 1.54) is 31.4 Å². The molecule has 0 saturated heterocycles. The van der Waals surface area contributed by atoms with Crippen LogP contribution in [0.3, 0.4) is 0 Å². The topological polar surface area (TPSA) is 100 Å². The molecule has 7 heteroatoms. The predicted molar refractivity (Wildman–Crippen MR) is 79.6 cm³/mol. The maximum Gasteiger partial charge on any atom is 0.298 e. The number of nitrogens with one attached hydrogen (secondary N) is 1. The van der Waals surface area contributed by atoms with Crippen LogP contribution in [0.5, 0.6) is 0 Å². The minimum Gasteiger partial charge on any atom is -0.497 e. The summed E-state index contributed by atoms with van der Waals surface area (Å²) < 4.78 is 34.3. The summed E-state index contributed by atoms with van der Waals surface area (Å²) in [5.41, 5.74) is 0.0501. The van der Waals surface area contributed by atoms with E-state index in [0.717, 1.165) is 0 Å². The van der Waals surface area contributed by atoms with Crippen molar-refractivity contribution in [2.75, 3.05) is 7.11 Å². The van der Waals surface area contributed by atoms with Crippen molar-refractivity contribution in [2.24, 2.45) is 5.92 Å². The van der Waals surface area contributed by atoms with Gasteiger partial charge in [-0.3, -0.25) is 0 Å². The van der Waals surface area contributed by atoms with Gasteiger partial charge >= 0.3 is 0 Å². The molecule has 114 valence electrons. The van der Waals surface area contributed by atoms with E-state index >= 15 is 0 Å². The molecule has 0 aromatic heterocycles. The zero-order chi connectivity index (χ0) is 16.2. The quantitative estimate of drug-likeness (QED) is 0.837. The minimum absolute atomic E-state index is 0.0327. The molecule has 1 aliphatic rings. The van der Waals surface area contributed by atoms with Gasteiger partial charge in [-0.1, -0.05) is 24.3 Å². The van der Waals surface area contributed by atoms with Crippen molar-refractivity contribution in [1.82, 2.24) is 0 Å². The van der Waals surface area contributed by atoms with Crippen LogP contribution in [0.1, 0.15) is 0 Å². The van der Waals surface area contributed by atoms with Crippen LogP contribution >= 0.6 is 0 Å². The lowest BCUT2D eigenvalue weighted by atomic mass is 9.93. The Morgan fingerprint density at radius 1 is 1.32 bits per heavy atom. The van der Waals surface area contributed by atoms with Crippen molar-refractivity contribution in [1.29, 1.82) is 10.7 Å².